The van der Waals surface area contributed by atoms with Crippen molar-refractivity contribution in [3.8, 4) is 0 Å². The van der Waals surface area contributed by atoms with Gasteiger partial charge in [-0.05, 0) is 58.2 Å². The molecule has 0 N–H and O–H groups in total. The molecule has 0 aromatic rings. The molecule has 0 aromatic heterocycles. The van der Waals surface area contributed by atoms with Crippen LogP contribution in [0.1, 0.15) is 60.8 Å². The van der Waals surface area contributed by atoms with Crippen molar-refractivity contribution in [3.63, 3.8) is 0 Å². The van der Waals surface area contributed by atoms with E-state index in [0.717, 1.165) is 5.57 Å². The van der Waals surface area contributed by atoms with Gasteiger partial charge in [0, 0.05) is 12.5 Å². The molecule has 7 nitrogen and oxygen atoms in total. The van der Waals surface area contributed by atoms with E-state index in [0.29, 0.717) is 12.8 Å². The molecule has 36 heavy (non-hydrogen) atoms. The maximum atomic E-state index is 13.4. The standard InChI is InChI=1S/C28H47NO6Si/c1-20-15-14-16-21(25(31)29(7)34-9)23(35-36(10,11)27(2,3)4)17-12-13-18-28(5,6)24(30)22(19-20)26(32)33-8/h12-13,15,17-18,21-23H,14,16,19H2,1-11H3/b17-12+,18-13+,20-15+/t21-,22?,23+/m0/s1. The van der Waals surface area contributed by atoms with Crippen LogP contribution in [-0.4, -0.2) is 58.4 Å². The van der Waals surface area contributed by atoms with Gasteiger partial charge in [-0.15, -0.1) is 0 Å². The minimum atomic E-state index is -2.22. The van der Waals surface area contributed by atoms with Crippen LogP contribution in [0.3, 0.4) is 0 Å². The summed E-state index contributed by atoms with van der Waals surface area (Å²) in [5.74, 6) is -2.23. The van der Waals surface area contributed by atoms with Crippen LogP contribution in [0.4, 0.5) is 0 Å². The van der Waals surface area contributed by atoms with Crippen molar-refractivity contribution in [2.24, 2.45) is 17.3 Å². The largest absolute Gasteiger partial charge is 0.468 e. The summed E-state index contributed by atoms with van der Waals surface area (Å²) in [4.78, 5) is 44.4. The number of esters is 1. The third-order valence-electron chi connectivity index (χ3n) is 7.39. The molecule has 3 atom stereocenters. The topological polar surface area (TPSA) is 82.1 Å². The Labute approximate surface area is 219 Å². The number of allylic oxidation sites excluding steroid dienone is 5. The van der Waals surface area contributed by atoms with E-state index in [-0.39, 0.29) is 23.1 Å². The minimum Gasteiger partial charge on any atom is -0.468 e. The fraction of sp³-hybridized carbons (Fsp3) is 0.679. The summed E-state index contributed by atoms with van der Waals surface area (Å²) < 4.78 is 11.7. The molecule has 0 spiro atoms. The van der Waals surface area contributed by atoms with Gasteiger partial charge in [-0.3, -0.25) is 19.2 Å². The number of nitrogens with zero attached hydrogens (tertiary/aromatic N) is 1. The molecule has 0 bridgehead atoms. The normalized spacial score (nSPS) is 27.2. The molecule has 0 saturated carbocycles. The lowest BCUT2D eigenvalue weighted by Gasteiger charge is -2.40. The van der Waals surface area contributed by atoms with Crippen molar-refractivity contribution >= 4 is 26.0 Å². The van der Waals surface area contributed by atoms with E-state index < -0.39 is 37.6 Å². The monoisotopic (exact) mass is 521 g/mol. The fourth-order valence-corrected chi connectivity index (χ4v) is 5.14. The second-order valence-electron chi connectivity index (χ2n) is 11.7. The number of rotatable bonds is 5. The molecule has 1 aliphatic carbocycles. The number of hydrogen-bond donors (Lipinski definition) is 0. The van der Waals surface area contributed by atoms with Crippen molar-refractivity contribution in [2.45, 2.75) is 85.0 Å². The number of ether oxygens (including phenoxy) is 1. The van der Waals surface area contributed by atoms with Gasteiger partial charge in [-0.1, -0.05) is 56.7 Å². The van der Waals surface area contributed by atoms with Crippen LogP contribution < -0.4 is 0 Å². The van der Waals surface area contributed by atoms with Crippen molar-refractivity contribution in [2.75, 3.05) is 21.3 Å². The van der Waals surface area contributed by atoms with Crippen LogP contribution in [0.15, 0.2) is 36.0 Å². The van der Waals surface area contributed by atoms with Crippen LogP contribution >= 0.6 is 0 Å². The molecule has 1 aliphatic rings. The number of hydroxylamine groups is 2. The zero-order chi connectivity index (χ0) is 27.9. The van der Waals surface area contributed by atoms with E-state index in [4.69, 9.17) is 14.0 Å². The second-order valence-corrected chi connectivity index (χ2v) is 16.5. The highest BCUT2D eigenvalue weighted by atomic mass is 28.4. The van der Waals surface area contributed by atoms with Crippen molar-refractivity contribution in [3.05, 3.63) is 36.0 Å². The van der Waals surface area contributed by atoms with E-state index in [1.165, 1.54) is 19.3 Å². The quantitative estimate of drug-likeness (QED) is 0.153. The third-order valence-corrected chi connectivity index (χ3v) is 11.9. The third kappa shape index (κ3) is 8.52. The molecule has 0 aromatic carbocycles. The molecular weight excluding hydrogens is 474 g/mol. The smallest absolute Gasteiger partial charge is 0.316 e. The van der Waals surface area contributed by atoms with Crippen molar-refractivity contribution < 1.29 is 28.4 Å². The molecule has 1 unspecified atom stereocenters. The first-order valence-corrected chi connectivity index (χ1v) is 15.5. The van der Waals surface area contributed by atoms with Crippen molar-refractivity contribution in [1.82, 2.24) is 5.06 Å². The number of amides is 1. The highest BCUT2D eigenvalue weighted by molar-refractivity contribution is 6.74. The summed E-state index contributed by atoms with van der Waals surface area (Å²) in [5, 5.41) is 1.22. The molecule has 0 aliphatic heterocycles. The van der Waals surface area contributed by atoms with Gasteiger partial charge in [-0.25, -0.2) is 5.06 Å². The van der Waals surface area contributed by atoms with Gasteiger partial charge in [0.25, 0.3) is 5.91 Å². The maximum absolute atomic E-state index is 13.4. The second kappa shape index (κ2) is 13.0. The van der Waals surface area contributed by atoms with E-state index >= 15 is 0 Å². The van der Waals surface area contributed by atoms with Crippen LogP contribution in [-0.2, 0) is 28.4 Å². The Morgan fingerprint density at radius 3 is 2.28 bits per heavy atom. The number of ketones is 1. The summed E-state index contributed by atoms with van der Waals surface area (Å²) in [5.41, 5.74) is 0.0220. The number of methoxy groups -OCH3 is 1. The maximum Gasteiger partial charge on any atom is 0.316 e. The van der Waals surface area contributed by atoms with E-state index in [1.807, 2.05) is 25.2 Å². The Kier molecular flexibility index (Phi) is 11.5. The molecule has 0 radical (unpaired) electrons. The van der Waals surface area contributed by atoms with E-state index in [2.05, 4.69) is 33.9 Å². The van der Waals surface area contributed by atoms with Gasteiger partial charge in [0.2, 0.25) is 0 Å². The molecule has 8 heteroatoms. The summed E-state index contributed by atoms with van der Waals surface area (Å²) in [6.45, 7) is 16.3. The van der Waals surface area contributed by atoms with Gasteiger partial charge in [0.05, 0.1) is 26.2 Å². The van der Waals surface area contributed by atoms with Gasteiger partial charge < -0.3 is 9.16 Å². The SMILES string of the molecule is COC(=O)C1C/C(C)=C/CC[C@H](C(=O)N(C)OC)[C@H](O[Si](C)(C)C(C)(C)C)/C=C/C=C/C(C)(C)C1=O. The predicted octanol–water partition coefficient (Wildman–Crippen LogP) is 5.64. The van der Waals surface area contributed by atoms with Gasteiger partial charge in [0.1, 0.15) is 5.92 Å². The molecular formula is C28H47NO6Si. The molecule has 0 fully saturated rings. The number of Topliss-reactive ketones (excluding diaryl/α,β-unsaturated/α-hetero) is 1. The van der Waals surface area contributed by atoms with E-state index in [9.17, 15) is 14.4 Å². The van der Waals surface area contributed by atoms with Crippen LogP contribution in [0.5, 0.6) is 0 Å². The first-order chi connectivity index (χ1) is 16.5. The number of hydrogen-bond acceptors (Lipinski definition) is 6. The molecule has 0 saturated heterocycles. The summed E-state index contributed by atoms with van der Waals surface area (Å²) in [7, 11) is 2.16. The molecule has 0 heterocycles. The lowest BCUT2D eigenvalue weighted by atomic mass is 9.78. The highest BCUT2D eigenvalue weighted by Crippen LogP contribution is 2.39. The highest BCUT2D eigenvalue weighted by Gasteiger charge is 2.42. The lowest BCUT2D eigenvalue weighted by Crippen LogP contribution is -2.48. The van der Waals surface area contributed by atoms with E-state index in [1.54, 1.807) is 33.0 Å². The Hall–Kier alpha value is -2.03. The number of carbonyl (C=O) groups is 3. The summed E-state index contributed by atoms with van der Waals surface area (Å²) in [6.07, 6.45) is 10.3. The zero-order valence-corrected chi connectivity index (χ0v) is 25.1. The molecule has 204 valence electrons. The molecule has 1 amide bonds. The van der Waals surface area contributed by atoms with Gasteiger partial charge in [-0.2, -0.15) is 0 Å². The Bertz CT molecular complexity index is 881. The fourth-order valence-electron chi connectivity index (χ4n) is 3.87. The Morgan fingerprint density at radius 2 is 1.75 bits per heavy atom. The summed E-state index contributed by atoms with van der Waals surface area (Å²) >= 11 is 0. The Balaban J connectivity index is 3.59. The average Bonchev–Trinajstić information content (AvgIpc) is 2.79. The average molecular weight is 522 g/mol. The number of carbonyl (C=O) groups excluding carboxylic acids is 3. The molecule has 1 rings (SSSR count). The lowest BCUT2D eigenvalue weighted by molar-refractivity contribution is -0.176. The predicted molar refractivity (Wildman–Crippen MR) is 146 cm³/mol. The first-order valence-electron chi connectivity index (χ1n) is 12.6. The summed E-state index contributed by atoms with van der Waals surface area (Å²) in [6, 6.07) is 0. The van der Waals surface area contributed by atoms with Gasteiger partial charge >= 0.3 is 5.97 Å². The van der Waals surface area contributed by atoms with Crippen LogP contribution in [0.25, 0.3) is 0 Å². The zero-order valence-electron chi connectivity index (χ0n) is 24.1. The Morgan fingerprint density at radius 1 is 1.14 bits per heavy atom. The van der Waals surface area contributed by atoms with Crippen LogP contribution in [0.2, 0.25) is 18.1 Å². The van der Waals surface area contributed by atoms with Crippen molar-refractivity contribution in [1.29, 1.82) is 0 Å². The van der Waals surface area contributed by atoms with Gasteiger partial charge in [0.15, 0.2) is 14.1 Å². The first kappa shape index (κ1) is 32.0. The minimum absolute atomic E-state index is 0.0374. The van der Waals surface area contributed by atoms with Crippen LogP contribution in [0, 0.1) is 17.3 Å².